The number of rotatable bonds is 2. The van der Waals surface area contributed by atoms with Crippen LogP contribution in [0.5, 0.6) is 0 Å². The molecule has 0 aliphatic heterocycles. The number of nitrogens with one attached hydrogen (secondary N) is 2. The Morgan fingerprint density at radius 3 is 2.91 bits per heavy atom. The zero-order valence-electron chi connectivity index (χ0n) is 12.2. The number of nitrogens with zero attached hydrogens (tertiary/aromatic N) is 1. The van der Waals surface area contributed by atoms with E-state index in [1.165, 1.54) is 10.9 Å². The lowest BCUT2D eigenvalue weighted by molar-refractivity contribution is 0.0927. The Bertz CT molecular complexity index is 823. The summed E-state index contributed by atoms with van der Waals surface area (Å²) in [5, 5.41) is 4.39. The van der Waals surface area contributed by atoms with Gasteiger partial charge < -0.3 is 10.3 Å². The van der Waals surface area contributed by atoms with E-state index >= 15 is 0 Å². The smallest absolute Gasteiger partial charge is 0.270 e. The fraction of sp³-hybridized carbons (Fsp3) is 0.222. The number of aromatic nitrogens is 2. The number of hydrogen-bond donors (Lipinski definition) is 2. The Morgan fingerprint density at radius 2 is 2.05 bits per heavy atom. The molecule has 2 N–H and O–H groups in total. The predicted octanol–water partition coefficient (Wildman–Crippen LogP) is 3.37. The quantitative estimate of drug-likeness (QED) is 0.760. The SMILES string of the molecule is O=C(N[C@@H]1CCCc2c1[nH]c1ccccc21)c1ccccn1. The Balaban J connectivity index is 1.66. The Kier molecular flexibility index (Phi) is 3.15. The summed E-state index contributed by atoms with van der Waals surface area (Å²) in [6, 6.07) is 13.7. The number of carbonyl (C=O) groups is 1. The van der Waals surface area contributed by atoms with Crippen molar-refractivity contribution in [2.24, 2.45) is 0 Å². The first kappa shape index (κ1) is 13.1. The molecule has 0 radical (unpaired) electrons. The first-order valence-electron chi connectivity index (χ1n) is 7.64. The number of pyridine rings is 1. The van der Waals surface area contributed by atoms with Crippen molar-refractivity contribution in [2.45, 2.75) is 25.3 Å². The van der Waals surface area contributed by atoms with Gasteiger partial charge in [0.25, 0.3) is 5.91 Å². The number of aromatic amines is 1. The molecule has 0 spiro atoms. The second-order valence-corrected chi connectivity index (χ2v) is 5.70. The monoisotopic (exact) mass is 291 g/mol. The first-order chi connectivity index (χ1) is 10.8. The molecule has 2 aromatic heterocycles. The average molecular weight is 291 g/mol. The lowest BCUT2D eigenvalue weighted by atomic mass is 9.91. The molecule has 1 atom stereocenters. The summed E-state index contributed by atoms with van der Waals surface area (Å²) in [6.07, 6.45) is 4.75. The lowest BCUT2D eigenvalue weighted by Crippen LogP contribution is -2.31. The third-order valence-electron chi connectivity index (χ3n) is 4.32. The lowest BCUT2D eigenvalue weighted by Gasteiger charge is -2.23. The molecule has 0 saturated heterocycles. The fourth-order valence-corrected chi connectivity index (χ4v) is 3.29. The van der Waals surface area contributed by atoms with E-state index in [0.29, 0.717) is 5.69 Å². The number of H-pyrrole nitrogens is 1. The van der Waals surface area contributed by atoms with E-state index in [9.17, 15) is 4.79 Å². The van der Waals surface area contributed by atoms with Crippen molar-refractivity contribution in [1.29, 1.82) is 0 Å². The largest absolute Gasteiger partial charge is 0.356 e. The van der Waals surface area contributed by atoms with Crippen molar-refractivity contribution in [3.05, 3.63) is 65.6 Å². The topological polar surface area (TPSA) is 57.8 Å². The van der Waals surface area contributed by atoms with Crippen molar-refractivity contribution < 1.29 is 4.79 Å². The van der Waals surface area contributed by atoms with Crippen LogP contribution in [0.1, 0.15) is 40.6 Å². The Morgan fingerprint density at radius 1 is 1.18 bits per heavy atom. The fourth-order valence-electron chi connectivity index (χ4n) is 3.29. The molecule has 1 aliphatic carbocycles. The van der Waals surface area contributed by atoms with Crippen molar-refractivity contribution >= 4 is 16.8 Å². The minimum atomic E-state index is -0.114. The number of benzene rings is 1. The van der Waals surface area contributed by atoms with Gasteiger partial charge in [0.2, 0.25) is 0 Å². The number of hydrogen-bond acceptors (Lipinski definition) is 2. The highest BCUT2D eigenvalue weighted by Gasteiger charge is 2.25. The third kappa shape index (κ3) is 2.17. The second-order valence-electron chi connectivity index (χ2n) is 5.70. The highest BCUT2D eigenvalue weighted by atomic mass is 16.1. The number of aryl methyl sites for hydroxylation is 1. The molecule has 4 rings (SSSR count). The van der Waals surface area contributed by atoms with Crippen LogP contribution in [0.4, 0.5) is 0 Å². The molecule has 0 fully saturated rings. The second kappa shape index (κ2) is 5.30. The van der Waals surface area contributed by atoms with Crippen molar-refractivity contribution in [2.75, 3.05) is 0 Å². The van der Waals surface area contributed by atoms with E-state index < -0.39 is 0 Å². The molecule has 1 aromatic carbocycles. The predicted molar refractivity (Wildman–Crippen MR) is 85.7 cm³/mol. The molecule has 0 saturated carbocycles. The molecule has 0 unspecified atom stereocenters. The van der Waals surface area contributed by atoms with Gasteiger partial charge in [0, 0.05) is 22.8 Å². The third-order valence-corrected chi connectivity index (χ3v) is 4.32. The highest BCUT2D eigenvalue weighted by Crippen LogP contribution is 2.34. The molecule has 1 amide bonds. The molecule has 110 valence electrons. The van der Waals surface area contributed by atoms with Gasteiger partial charge in [0.05, 0.1) is 6.04 Å². The summed E-state index contributed by atoms with van der Waals surface area (Å²) in [5.74, 6) is -0.114. The van der Waals surface area contributed by atoms with Crippen LogP contribution in [0.15, 0.2) is 48.7 Å². The van der Waals surface area contributed by atoms with Crippen LogP contribution in [-0.4, -0.2) is 15.9 Å². The minimum absolute atomic E-state index is 0.0330. The summed E-state index contributed by atoms with van der Waals surface area (Å²) < 4.78 is 0. The Hall–Kier alpha value is -2.62. The highest BCUT2D eigenvalue weighted by molar-refractivity contribution is 5.93. The van der Waals surface area contributed by atoms with Gasteiger partial charge >= 0.3 is 0 Å². The minimum Gasteiger partial charge on any atom is -0.356 e. The van der Waals surface area contributed by atoms with E-state index in [4.69, 9.17) is 0 Å². The standard InChI is InChI=1S/C18H17N3O/c22-18(16-9-3-4-11-19-16)21-15-10-5-7-13-12-6-1-2-8-14(12)20-17(13)15/h1-4,6,8-9,11,15,20H,5,7,10H2,(H,21,22)/t15-/m1/s1. The normalized spacial score (nSPS) is 17.2. The molecule has 3 aromatic rings. The van der Waals surface area contributed by atoms with Gasteiger partial charge in [-0.3, -0.25) is 9.78 Å². The number of para-hydroxylation sites is 1. The van der Waals surface area contributed by atoms with Crippen LogP contribution in [-0.2, 0) is 6.42 Å². The number of carbonyl (C=O) groups excluding carboxylic acids is 1. The van der Waals surface area contributed by atoms with Gasteiger partial charge in [0.1, 0.15) is 5.69 Å². The van der Waals surface area contributed by atoms with Crippen molar-refractivity contribution in [3.63, 3.8) is 0 Å². The summed E-state index contributed by atoms with van der Waals surface area (Å²) in [4.78, 5) is 20.0. The molecule has 4 heteroatoms. The summed E-state index contributed by atoms with van der Waals surface area (Å²) in [6.45, 7) is 0. The first-order valence-corrected chi connectivity index (χ1v) is 7.64. The molecule has 4 nitrogen and oxygen atoms in total. The van der Waals surface area contributed by atoms with E-state index in [1.54, 1.807) is 12.3 Å². The van der Waals surface area contributed by atoms with E-state index in [1.807, 2.05) is 18.2 Å². The van der Waals surface area contributed by atoms with Crippen LogP contribution in [0.25, 0.3) is 10.9 Å². The van der Waals surface area contributed by atoms with Gasteiger partial charge in [-0.1, -0.05) is 24.3 Å². The summed E-state index contributed by atoms with van der Waals surface area (Å²) in [5.41, 5.74) is 4.10. The summed E-state index contributed by atoms with van der Waals surface area (Å²) >= 11 is 0. The van der Waals surface area contributed by atoms with Crippen LogP contribution < -0.4 is 5.32 Å². The zero-order chi connectivity index (χ0) is 14.9. The van der Waals surface area contributed by atoms with Gasteiger partial charge in [0.15, 0.2) is 0 Å². The van der Waals surface area contributed by atoms with Crippen molar-refractivity contribution in [3.8, 4) is 0 Å². The molecule has 1 aliphatic rings. The van der Waals surface area contributed by atoms with Crippen LogP contribution in [0, 0.1) is 0 Å². The maximum atomic E-state index is 12.4. The number of fused-ring (bicyclic) bond motifs is 3. The van der Waals surface area contributed by atoms with E-state index in [2.05, 4.69) is 33.5 Å². The van der Waals surface area contributed by atoms with E-state index in [-0.39, 0.29) is 11.9 Å². The molecular formula is C18H17N3O. The van der Waals surface area contributed by atoms with Crippen LogP contribution >= 0.6 is 0 Å². The van der Waals surface area contributed by atoms with Gasteiger partial charge in [-0.25, -0.2) is 0 Å². The Labute approximate surface area is 128 Å². The molecule has 2 heterocycles. The maximum Gasteiger partial charge on any atom is 0.270 e. The van der Waals surface area contributed by atoms with Crippen LogP contribution in [0.2, 0.25) is 0 Å². The van der Waals surface area contributed by atoms with Gasteiger partial charge in [-0.15, -0.1) is 0 Å². The summed E-state index contributed by atoms with van der Waals surface area (Å²) in [7, 11) is 0. The van der Waals surface area contributed by atoms with Gasteiger partial charge in [-0.2, -0.15) is 0 Å². The van der Waals surface area contributed by atoms with Crippen LogP contribution in [0.3, 0.4) is 0 Å². The molecule has 22 heavy (non-hydrogen) atoms. The average Bonchev–Trinajstić information content (AvgIpc) is 2.95. The molecular weight excluding hydrogens is 274 g/mol. The zero-order valence-corrected chi connectivity index (χ0v) is 12.2. The number of amides is 1. The van der Waals surface area contributed by atoms with Gasteiger partial charge in [-0.05, 0) is 43.0 Å². The van der Waals surface area contributed by atoms with Crippen molar-refractivity contribution in [1.82, 2.24) is 15.3 Å². The molecule has 0 bridgehead atoms. The maximum absolute atomic E-state index is 12.4. The van der Waals surface area contributed by atoms with E-state index in [0.717, 1.165) is 30.5 Å².